The standard InChI is InChI=1S/C16H11F5N2O3S/c17-12-4-2-10(27(25,26)23-7-16(20,21)8-23)6-11(12)15(24)22-9-1-3-13(18)14(19)5-9/h1-6H,7-8H2,(H,22,24). The summed E-state index contributed by atoms with van der Waals surface area (Å²) in [5, 5.41) is 2.10. The molecule has 11 heteroatoms. The summed E-state index contributed by atoms with van der Waals surface area (Å²) in [7, 11) is -4.33. The Bertz CT molecular complexity index is 1020. The van der Waals surface area contributed by atoms with Gasteiger partial charge < -0.3 is 5.32 Å². The summed E-state index contributed by atoms with van der Waals surface area (Å²) in [6.07, 6.45) is 0. The van der Waals surface area contributed by atoms with Gasteiger partial charge in [0.2, 0.25) is 10.0 Å². The minimum Gasteiger partial charge on any atom is -0.322 e. The first-order valence-corrected chi connectivity index (χ1v) is 8.87. The van der Waals surface area contributed by atoms with E-state index < -0.39 is 62.9 Å². The summed E-state index contributed by atoms with van der Waals surface area (Å²) in [6.45, 7) is -2.02. The summed E-state index contributed by atoms with van der Waals surface area (Å²) >= 11 is 0. The number of sulfonamides is 1. The molecule has 1 heterocycles. The number of nitrogens with one attached hydrogen (secondary N) is 1. The smallest absolute Gasteiger partial charge is 0.275 e. The Labute approximate surface area is 150 Å². The molecule has 1 aliphatic heterocycles. The molecule has 144 valence electrons. The number of anilines is 1. The van der Waals surface area contributed by atoms with Gasteiger partial charge >= 0.3 is 0 Å². The molecular formula is C16H11F5N2O3S. The molecule has 0 aliphatic carbocycles. The van der Waals surface area contributed by atoms with Crippen LogP contribution in [0.15, 0.2) is 41.3 Å². The molecule has 0 radical (unpaired) electrons. The van der Waals surface area contributed by atoms with Gasteiger partial charge in [0.1, 0.15) is 5.82 Å². The van der Waals surface area contributed by atoms with E-state index in [1.807, 2.05) is 0 Å². The molecule has 3 rings (SSSR count). The van der Waals surface area contributed by atoms with E-state index in [9.17, 15) is 35.2 Å². The summed E-state index contributed by atoms with van der Waals surface area (Å²) in [5.41, 5.74) is -0.887. The van der Waals surface area contributed by atoms with E-state index in [1.54, 1.807) is 0 Å². The molecule has 5 nitrogen and oxygen atoms in total. The van der Waals surface area contributed by atoms with Gasteiger partial charge in [0, 0.05) is 11.8 Å². The zero-order valence-electron chi connectivity index (χ0n) is 13.3. The van der Waals surface area contributed by atoms with Crippen LogP contribution in [0.4, 0.5) is 27.6 Å². The topological polar surface area (TPSA) is 66.5 Å². The molecule has 1 saturated heterocycles. The van der Waals surface area contributed by atoms with Crippen LogP contribution in [-0.2, 0) is 10.0 Å². The van der Waals surface area contributed by atoms with Crippen LogP contribution in [0.5, 0.6) is 0 Å². The number of hydrogen-bond donors (Lipinski definition) is 1. The van der Waals surface area contributed by atoms with E-state index in [0.29, 0.717) is 22.5 Å². The highest BCUT2D eigenvalue weighted by atomic mass is 32.2. The van der Waals surface area contributed by atoms with Gasteiger partial charge in [0.15, 0.2) is 11.6 Å². The van der Waals surface area contributed by atoms with Crippen molar-refractivity contribution in [2.75, 3.05) is 18.4 Å². The maximum absolute atomic E-state index is 14.0. The fraction of sp³-hybridized carbons (Fsp3) is 0.188. The highest BCUT2D eigenvalue weighted by Gasteiger charge is 2.49. The minimum absolute atomic E-state index is 0.186. The number of benzene rings is 2. The predicted octanol–water partition coefficient (Wildman–Crippen LogP) is 3.00. The Kier molecular flexibility index (Phi) is 4.68. The summed E-state index contributed by atoms with van der Waals surface area (Å²) in [4.78, 5) is 11.6. The van der Waals surface area contributed by atoms with Crippen molar-refractivity contribution < 1.29 is 35.2 Å². The van der Waals surface area contributed by atoms with E-state index in [-0.39, 0.29) is 5.69 Å². The number of carbonyl (C=O) groups excluding carboxylic acids is 1. The quantitative estimate of drug-likeness (QED) is 0.794. The number of amides is 1. The fourth-order valence-electron chi connectivity index (χ4n) is 2.40. The van der Waals surface area contributed by atoms with Crippen LogP contribution in [0.1, 0.15) is 10.4 Å². The lowest BCUT2D eigenvalue weighted by molar-refractivity contribution is -0.0945. The summed E-state index contributed by atoms with van der Waals surface area (Å²) < 4.78 is 90.9. The van der Waals surface area contributed by atoms with Crippen LogP contribution in [-0.4, -0.2) is 37.6 Å². The second-order valence-electron chi connectivity index (χ2n) is 5.85. The summed E-state index contributed by atoms with van der Waals surface area (Å²) in [5.74, 6) is -7.74. The van der Waals surface area contributed by atoms with Gasteiger partial charge in [-0.3, -0.25) is 4.79 Å². The number of rotatable bonds is 4. The Hall–Kier alpha value is -2.53. The van der Waals surface area contributed by atoms with E-state index in [4.69, 9.17) is 0 Å². The molecule has 0 bridgehead atoms. The molecule has 0 spiro atoms. The van der Waals surface area contributed by atoms with E-state index in [1.165, 1.54) is 0 Å². The number of alkyl halides is 2. The lowest BCUT2D eigenvalue weighted by atomic mass is 10.2. The highest BCUT2D eigenvalue weighted by molar-refractivity contribution is 7.89. The van der Waals surface area contributed by atoms with Gasteiger partial charge in [-0.1, -0.05) is 0 Å². The lowest BCUT2D eigenvalue weighted by Crippen LogP contribution is -2.58. The zero-order valence-corrected chi connectivity index (χ0v) is 14.2. The molecule has 27 heavy (non-hydrogen) atoms. The normalized spacial score (nSPS) is 16.6. The second-order valence-corrected chi connectivity index (χ2v) is 7.79. The number of nitrogens with zero attached hydrogens (tertiary/aromatic N) is 1. The molecule has 1 amide bonds. The van der Waals surface area contributed by atoms with E-state index >= 15 is 0 Å². The molecule has 0 saturated carbocycles. The van der Waals surface area contributed by atoms with Gasteiger partial charge in [0.05, 0.1) is 23.5 Å². The minimum atomic E-state index is -4.33. The molecule has 1 aliphatic rings. The Morgan fingerprint density at radius 2 is 1.59 bits per heavy atom. The van der Waals surface area contributed by atoms with Gasteiger partial charge in [-0.05, 0) is 30.3 Å². The Morgan fingerprint density at radius 3 is 2.19 bits per heavy atom. The first-order valence-electron chi connectivity index (χ1n) is 7.43. The van der Waals surface area contributed by atoms with Crippen LogP contribution < -0.4 is 5.32 Å². The van der Waals surface area contributed by atoms with Crippen LogP contribution in [0.2, 0.25) is 0 Å². The lowest BCUT2D eigenvalue weighted by Gasteiger charge is -2.37. The Morgan fingerprint density at radius 1 is 0.963 bits per heavy atom. The molecule has 2 aromatic rings. The molecule has 0 aromatic heterocycles. The summed E-state index contributed by atoms with van der Waals surface area (Å²) in [6, 6.07) is 4.66. The molecule has 2 aromatic carbocycles. The largest absolute Gasteiger partial charge is 0.322 e. The van der Waals surface area contributed by atoms with Crippen molar-refractivity contribution in [2.24, 2.45) is 0 Å². The molecule has 0 atom stereocenters. The first kappa shape index (κ1) is 19.2. The maximum Gasteiger partial charge on any atom is 0.275 e. The molecule has 1 N–H and O–H groups in total. The average molecular weight is 406 g/mol. The number of carbonyl (C=O) groups is 1. The van der Waals surface area contributed by atoms with E-state index in [0.717, 1.165) is 18.2 Å². The average Bonchev–Trinajstić information content (AvgIpc) is 2.56. The molecule has 0 unspecified atom stereocenters. The van der Waals surface area contributed by atoms with Crippen molar-refractivity contribution in [3.05, 3.63) is 59.4 Å². The molecular weight excluding hydrogens is 395 g/mol. The van der Waals surface area contributed by atoms with Gasteiger partial charge in [0.25, 0.3) is 11.8 Å². The van der Waals surface area contributed by atoms with Crippen LogP contribution >= 0.6 is 0 Å². The second kappa shape index (κ2) is 6.57. The molecule has 1 fully saturated rings. The number of halogens is 5. The predicted molar refractivity (Wildman–Crippen MR) is 84.4 cm³/mol. The van der Waals surface area contributed by atoms with Crippen molar-refractivity contribution in [3.63, 3.8) is 0 Å². The van der Waals surface area contributed by atoms with Gasteiger partial charge in [-0.25, -0.2) is 30.4 Å². The fourth-order valence-corrected chi connectivity index (χ4v) is 3.92. The van der Waals surface area contributed by atoms with Crippen molar-refractivity contribution >= 4 is 21.6 Å². The zero-order chi connectivity index (χ0) is 20.0. The van der Waals surface area contributed by atoms with Crippen LogP contribution in [0, 0.1) is 17.5 Å². The Balaban J connectivity index is 1.87. The number of hydrogen-bond acceptors (Lipinski definition) is 3. The third kappa shape index (κ3) is 3.78. The SMILES string of the molecule is O=C(Nc1ccc(F)c(F)c1)c1cc(S(=O)(=O)N2CC(F)(F)C2)ccc1F. The van der Waals surface area contributed by atoms with Crippen molar-refractivity contribution in [1.82, 2.24) is 4.31 Å². The van der Waals surface area contributed by atoms with Crippen molar-refractivity contribution in [1.29, 1.82) is 0 Å². The third-order valence-electron chi connectivity index (χ3n) is 3.81. The highest BCUT2D eigenvalue weighted by Crippen LogP contribution is 2.32. The monoisotopic (exact) mass is 406 g/mol. The van der Waals surface area contributed by atoms with Gasteiger partial charge in [-0.2, -0.15) is 4.31 Å². The van der Waals surface area contributed by atoms with Gasteiger partial charge in [-0.15, -0.1) is 0 Å². The van der Waals surface area contributed by atoms with Crippen molar-refractivity contribution in [3.8, 4) is 0 Å². The van der Waals surface area contributed by atoms with Crippen LogP contribution in [0.3, 0.4) is 0 Å². The maximum atomic E-state index is 14.0. The third-order valence-corrected chi connectivity index (χ3v) is 5.60. The first-order chi connectivity index (χ1) is 12.5. The van der Waals surface area contributed by atoms with Crippen LogP contribution in [0.25, 0.3) is 0 Å². The van der Waals surface area contributed by atoms with E-state index in [2.05, 4.69) is 5.32 Å². The van der Waals surface area contributed by atoms with Crippen molar-refractivity contribution in [2.45, 2.75) is 10.8 Å².